The quantitative estimate of drug-likeness (QED) is 0.561. The summed E-state index contributed by atoms with van der Waals surface area (Å²) in [6.07, 6.45) is 8.11. The molecular formula is C22H18BrFN2O. The van der Waals surface area contributed by atoms with Crippen molar-refractivity contribution in [2.75, 3.05) is 13.1 Å². The second-order valence-electron chi connectivity index (χ2n) is 6.54. The lowest BCUT2D eigenvalue weighted by molar-refractivity contribution is -0.125. The number of amides is 1. The first-order valence-corrected chi connectivity index (χ1v) is 9.58. The zero-order valence-corrected chi connectivity index (χ0v) is 16.2. The van der Waals surface area contributed by atoms with Crippen molar-refractivity contribution in [3.05, 3.63) is 82.2 Å². The Kier molecular flexibility index (Phi) is 4.94. The van der Waals surface area contributed by atoms with E-state index in [1.54, 1.807) is 23.1 Å². The van der Waals surface area contributed by atoms with E-state index in [1.807, 2.05) is 12.3 Å². The van der Waals surface area contributed by atoms with Gasteiger partial charge in [-0.25, -0.2) is 4.39 Å². The summed E-state index contributed by atoms with van der Waals surface area (Å²) in [6.45, 7) is 1.24. The molecule has 0 radical (unpaired) electrons. The zero-order valence-electron chi connectivity index (χ0n) is 14.6. The lowest BCUT2D eigenvalue weighted by atomic mass is 9.99. The van der Waals surface area contributed by atoms with Crippen molar-refractivity contribution in [1.29, 1.82) is 0 Å². The van der Waals surface area contributed by atoms with Gasteiger partial charge in [-0.05, 0) is 54.0 Å². The molecule has 0 saturated heterocycles. The first kappa shape index (κ1) is 17.7. The summed E-state index contributed by atoms with van der Waals surface area (Å²) < 4.78 is 14.3. The fourth-order valence-electron chi connectivity index (χ4n) is 3.36. The molecule has 0 bridgehead atoms. The molecule has 2 aromatic carbocycles. The molecule has 0 spiro atoms. The van der Waals surface area contributed by atoms with E-state index in [0.717, 1.165) is 16.4 Å². The molecule has 136 valence electrons. The molecule has 1 aliphatic rings. The Morgan fingerprint density at radius 1 is 1.22 bits per heavy atom. The number of halogens is 2. The summed E-state index contributed by atoms with van der Waals surface area (Å²) in [7, 11) is 0. The molecule has 2 heterocycles. The molecule has 0 fully saturated rings. The van der Waals surface area contributed by atoms with Crippen LogP contribution in [0.3, 0.4) is 0 Å². The number of carbonyl (C=O) groups excluding carboxylic acids is 1. The van der Waals surface area contributed by atoms with Crippen LogP contribution in [0.2, 0.25) is 0 Å². The van der Waals surface area contributed by atoms with Crippen LogP contribution in [0.1, 0.15) is 17.5 Å². The van der Waals surface area contributed by atoms with Gasteiger partial charge in [-0.15, -0.1) is 0 Å². The third-order valence-corrected chi connectivity index (χ3v) is 5.27. The lowest BCUT2D eigenvalue weighted by Gasteiger charge is -2.25. The smallest absolute Gasteiger partial charge is 0.246 e. The van der Waals surface area contributed by atoms with Crippen LogP contribution in [0.5, 0.6) is 0 Å². The third kappa shape index (κ3) is 3.88. The molecule has 0 aliphatic carbocycles. The van der Waals surface area contributed by atoms with Crippen molar-refractivity contribution >= 4 is 44.4 Å². The summed E-state index contributed by atoms with van der Waals surface area (Å²) in [5.41, 5.74) is 4.22. The minimum absolute atomic E-state index is 0.0590. The van der Waals surface area contributed by atoms with Crippen LogP contribution in [-0.2, 0) is 4.79 Å². The Morgan fingerprint density at radius 3 is 2.89 bits per heavy atom. The maximum Gasteiger partial charge on any atom is 0.246 e. The number of H-pyrrole nitrogens is 1. The fourth-order valence-corrected chi connectivity index (χ4v) is 3.72. The van der Waals surface area contributed by atoms with E-state index in [9.17, 15) is 9.18 Å². The first-order chi connectivity index (χ1) is 13.1. The fraction of sp³-hybridized carbons (Fsp3) is 0.136. The number of nitrogens with zero attached hydrogens (tertiary/aromatic N) is 1. The molecule has 3 nitrogen and oxygen atoms in total. The lowest BCUT2D eigenvalue weighted by Crippen LogP contribution is -2.33. The molecule has 0 unspecified atom stereocenters. The number of fused-ring (bicyclic) bond motifs is 1. The molecular weight excluding hydrogens is 407 g/mol. The van der Waals surface area contributed by atoms with Gasteiger partial charge in [0.1, 0.15) is 5.82 Å². The van der Waals surface area contributed by atoms with E-state index in [0.29, 0.717) is 18.7 Å². The predicted molar refractivity (Wildman–Crippen MR) is 111 cm³/mol. The van der Waals surface area contributed by atoms with Crippen LogP contribution in [0.15, 0.2) is 65.3 Å². The van der Waals surface area contributed by atoms with Crippen LogP contribution in [0, 0.1) is 5.82 Å². The van der Waals surface area contributed by atoms with Gasteiger partial charge in [0, 0.05) is 46.3 Å². The van der Waals surface area contributed by atoms with Crippen molar-refractivity contribution in [3.8, 4) is 0 Å². The van der Waals surface area contributed by atoms with E-state index in [2.05, 4.69) is 39.1 Å². The Hall–Kier alpha value is -2.66. The number of nitrogens with one attached hydrogen (secondary N) is 1. The summed E-state index contributed by atoms with van der Waals surface area (Å²) in [5, 5.41) is 1.18. The van der Waals surface area contributed by atoms with Crippen molar-refractivity contribution in [3.63, 3.8) is 0 Å². The first-order valence-electron chi connectivity index (χ1n) is 8.79. The summed E-state index contributed by atoms with van der Waals surface area (Å²) in [4.78, 5) is 17.5. The average molecular weight is 425 g/mol. The Balaban J connectivity index is 1.47. The Bertz CT molecular complexity index is 1070. The highest BCUT2D eigenvalue weighted by atomic mass is 79.9. The Labute approximate surface area is 165 Å². The van der Waals surface area contributed by atoms with Gasteiger partial charge < -0.3 is 9.88 Å². The monoisotopic (exact) mass is 424 g/mol. The van der Waals surface area contributed by atoms with Gasteiger partial charge in [-0.2, -0.15) is 0 Å². The summed E-state index contributed by atoms with van der Waals surface area (Å²) in [6, 6.07) is 12.4. The van der Waals surface area contributed by atoms with Crippen molar-refractivity contribution in [1.82, 2.24) is 9.88 Å². The van der Waals surface area contributed by atoms with Crippen LogP contribution >= 0.6 is 15.9 Å². The van der Waals surface area contributed by atoms with Gasteiger partial charge in [-0.3, -0.25) is 4.79 Å². The SMILES string of the molecule is O=C(/C=C/c1cccc(F)c1)N1CC=C(c2c[nH]c3ccc(Br)cc23)CC1. The second kappa shape index (κ2) is 7.53. The van der Waals surface area contributed by atoms with Gasteiger partial charge in [0.25, 0.3) is 0 Å². The molecule has 1 aliphatic heterocycles. The molecule has 4 rings (SSSR count). The molecule has 5 heteroatoms. The van der Waals surface area contributed by atoms with Gasteiger partial charge in [0.05, 0.1) is 0 Å². The van der Waals surface area contributed by atoms with Crippen LogP contribution in [0.25, 0.3) is 22.6 Å². The molecule has 0 atom stereocenters. The standard InChI is InChI=1S/C22H18BrFN2O/c23-17-5-6-21-19(13-17)20(14-25-21)16-8-10-26(11-9-16)22(27)7-4-15-2-1-3-18(24)12-15/h1-8,12-14,25H,9-11H2/b7-4+. The summed E-state index contributed by atoms with van der Waals surface area (Å²) >= 11 is 3.53. The number of carbonyl (C=O) groups is 1. The van der Waals surface area contributed by atoms with E-state index in [4.69, 9.17) is 0 Å². The van der Waals surface area contributed by atoms with E-state index < -0.39 is 0 Å². The largest absolute Gasteiger partial charge is 0.361 e. The van der Waals surface area contributed by atoms with Gasteiger partial charge >= 0.3 is 0 Å². The van der Waals surface area contributed by atoms with Crippen molar-refractivity contribution in [2.24, 2.45) is 0 Å². The molecule has 0 saturated carbocycles. The van der Waals surface area contributed by atoms with E-state index >= 15 is 0 Å². The second-order valence-corrected chi connectivity index (χ2v) is 7.46. The highest BCUT2D eigenvalue weighted by Gasteiger charge is 2.18. The van der Waals surface area contributed by atoms with Crippen molar-refractivity contribution < 1.29 is 9.18 Å². The number of aromatic amines is 1. The highest BCUT2D eigenvalue weighted by molar-refractivity contribution is 9.10. The normalized spacial score (nSPS) is 14.7. The minimum Gasteiger partial charge on any atom is -0.361 e. The van der Waals surface area contributed by atoms with Crippen LogP contribution < -0.4 is 0 Å². The molecule has 1 N–H and O–H groups in total. The number of hydrogen-bond donors (Lipinski definition) is 1. The molecule has 1 aromatic heterocycles. The van der Waals surface area contributed by atoms with E-state index in [1.165, 1.54) is 34.7 Å². The number of hydrogen-bond acceptors (Lipinski definition) is 1. The van der Waals surface area contributed by atoms with Crippen LogP contribution in [0.4, 0.5) is 4.39 Å². The average Bonchev–Trinajstić information content (AvgIpc) is 3.09. The molecule has 3 aromatic rings. The van der Waals surface area contributed by atoms with E-state index in [-0.39, 0.29) is 11.7 Å². The minimum atomic E-state index is -0.305. The number of benzene rings is 2. The molecule has 1 amide bonds. The topological polar surface area (TPSA) is 36.1 Å². The van der Waals surface area contributed by atoms with Crippen molar-refractivity contribution in [2.45, 2.75) is 6.42 Å². The number of rotatable bonds is 3. The summed E-state index contributed by atoms with van der Waals surface area (Å²) in [5.74, 6) is -0.364. The van der Waals surface area contributed by atoms with Crippen LogP contribution in [-0.4, -0.2) is 28.9 Å². The highest BCUT2D eigenvalue weighted by Crippen LogP contribution is 2.31. The third-order valence-electron chi connectivity index (χ3n) is 4.78. The number of aromatic nitrogens is 1. The Morgan fingerprint density at radius 2 is 2.11 bits per heavy atom. The maximum absolute atomic E-state index is 13.2. The predicted octanol–water partition coefficient (Wildman–Crippen LogP) is 5.40. The van der Waals surface area contributed by atoms with Gasteiger partial charge in [0.2, 0.25) is 5.91 Å². The van der Waals surface area contributed by atoms with Gasteiger partial charge in [-0.1, -0.05) is 34.1 Å². The molecule has 27 heavy (non-hydrogen) atoms. The maximum atomic E-state index is 13.2. The van der Waals surface area contributed by atoms with Gasteiger partial charge in [0.15, 0.2) is 0 Å². The zero-order chi connectivity index (χ0) is 18.8.